The molecule has 0 saturated carbocycles. The lowest BCUT2D eigenvalue weighted by Gasteiger charge is -2.37. The van der Waals surface area contributed by atoms with Gasteiger partial charge in [0.2, 0.25) is 0 Å². The smallest absolute Gasteiger partial charge is 0.158 e. The molecule has 1 fully saturated rings. The fourth-order valence-corrected chi connectivity index (χ4v) is 4.38. The second-order valence-corrected chi connectivity index (χ2v) is 7.56. The highest BCUT2D eigenvalue weighted by Crippen LogP contribution is 2.46. The minimum absolute atomic E-state index is 0.118. The second-order valence-electron chi connectivity index (χ2n) is 7.56. The van der Waals surface area contributed by atoms with Crippen LogP contribution in [-0.4, -0.2) is 52.5 Å². The molecule has 3 aromatic carbocycles. The summed E-state index contributed by atoms with van der Waals surface area (Å²) in [5.74, 6) is -0.245. The average Bonchev–Trinajstić information content (AvgIpc) is 3.10. The normalized spacial score (nSPS) is 16.9. The van der Waals surface area contributed by atoms with Crippen molar-refractivity contribution in [1.29, 1.82) is 0 Å². The van der Waals surface area contributed by atoms with Crippen LogP contribution in [0.5, 0.6) is 11.5 Å². The molecule has 0 unspecified atom stereocenters. The van der Waals surface area contributed by atoms with E-state index in [1.807, 2.05) is 0 Å². The van der Waals surface area contributed by atoms with Gasteiger partial charge in [0.25, 0.3) is 0 Å². The molecule has 0 amide bonds. The van der Waals surface area contributed by atoms with Gasteiger partial charge in [-0.15, -0.1) is 0 Å². The predicted molar refractivity (Wildman–Crippen MR) is 114 cm³/mol. The van der Waals surface area contributed by atoms with Crippen LogP contribution >= 0.6 is 0 Å². The summed E-state index contributed by atoms with van der Waals surface area (Å²) < 4.78 is 0. The number of rotatable bonds is 3. The van der Waals surface area contributed by atoms with E-state index < -0.39 is 0 Å². The molecular weight excluding hydrogens is 362 g/mol. The van der Waals surface area contributed by atoms with Crippen molar-refractivity contribution in [3.63, 3.8) is 0 Å². The molecule has 2 aliphatic rings. The lowest BCUT2D eigenvalue weighted by atomic mass is 10.0. The molecule has 2 N–H and O–H groups in total. The molecule has 0 bridgehead atoms. The van der Waals surface area contributed by atoms with Crippen molar-refractivity contribution in [3.05, 3.63) is 83.4 Å². The first-order chi connectivity index (χ1) is 14.2. The number of piperazine rings is 1. The van der Waals surface area contributed by atoms with Gasteiger partial charge in [0.1, 0.15) is 0 Å². The topological polar surface area (TPSA) is 59.3 Å². The number of aromatic hydroxyl groups is 2. The van der Waals surface area contributed by atoms with Crippen LogP contribution < -0.4 is 0 Å². The van der Waals surface area contributed by atoms with Crippen molar-refractivity contribution in [1.82, 2.24) is 9.91 Å². The fourth-order valence-electron chi connectivity index (χ4n) is 4.38. The Morgan fingerprint density at radius 3 is 2.00 bits per heavy atom. The highest BCUT2D eigenvalue weighted by Gasteiger charge is 2.33. The molecule has 5 nitrogen and oxygen atoms in total. The summed E-state index contributed by atoms with van der Waals surface area (Å²) in [6, 6.07) is 22.5. The van der Waals surface area contributed by atoms with Gasteiger partial charge in [-0.05, 0) is 46.0 Å². The lowest BCUT2D eigenvalue weighted by Crippen LogP contribution is -2.45. The van der Waals surface area contributed by atoms with Gasteiger partial charge in [-0.1, -0.05) is 48.5 Å². The van der Waals surface area contributed by atoms with E-state index in [0.717, 1.165) is 31.7 Å². The number of hydrogen-bond acceptors (Lipinski definition) is 5. The molecule has 3 aromatic rings. The second kappa shape index (κ2) is 7.26. The maximum Gasteiger partial charge on any atom is 0.158 e. The zero-order valence-electron chi connectivity index (χ0n) is 16.1. The summed E-state index contributed by atoms with van der Waals surface area (Å²) in [4.78, 5) is 2.54. The van der Waals surface area contributed by atoms with Gasteiger partial charge in [0.05, 0.1) is 12.3 Å². The summed E-state index contributed by atoms with van der Waals surface area (Å²) >= 11 is 0. The number of phenolic OH excluding ortho intramolecular Hbond substituents is 2. The van der Waals surface area contributed by atoms with E-state index in [9.17, 15) is 10.2 Å². The van der Waals surface area contributed by atoms with Crippen molar-refractivity contribution in [3.8, 4) is 22.6 Å². The molecule has 5 heteroatoms. The van der Waals surface area contributed by atoms with E-state index in [1.165, 1.54) is 34.4 Å². The Bertz CT molecular complexity index is 1030. The molecular formula is C24H23N3O2. The standard InChI is InChI=1S/C24H23N3O2/c28-22-10-9-17(15-23(22)29)16-25-27-13-11-26(12-14-27)24-20-7-3-1-5-18(20)19-6-2-4-8-21(19)24/h1-10,15-16,24,28-29H,11-14H2/b25-16-. The van der Waals surface area contributed by atoms with Gasteiger partial charge in [-0.3, -0.25) is 9.91 Å². The van der Waals surface area contributed by atoms with Gasteiger partial charge < -0.3 is 10.2 Å². The van der Waals surface area contributed by atoms with Gasteiger partial charge in [0.15, 0.2) is 11.5 Å². The lowest BCUT2D eigenvalue weighted by molar-refractivity contribution is 0.114. The Kier molecular flexibility index (Phi) is 4.45. The van der Waals surface area contributed by atoms with Crippen LogP contribution in [0.2, 0.25) is 0 Å². The van der Waals surface area contributed by atoms with Crippen LogP contribution in [-0.2, 0) is 0 Å². The zero-order valence-corrected chi connectivity index (χ0v) is 16.1. The van der Waals surface area contributed by atoms with Crippen molar-refractivity contribution in [2.24, 2.45) is 5.10 Å². The third-order valence-electron chi connectivity index (χ3n) is 5.83. The Balaban J connectivity index is 1.31. The Morgan fingerprint density at radius 1 is 0.759 bits per heavy atom. The Labute approximate surface area is 170 Å². The quantitative estimate of drug-likeness (QED) is 0.532. The molecule has 0 aromatic heterocycles. The number of nitrogens with zero attached hydrogens (tertiary/aromatic N) is 3. The zero-order chi connectivity index (χ0) is 19.8. The summed E-state index contributed by atoms with van der Waals surface area (Å²) in [7, 11) is 0. The van der Waals surface area contributed by atoms with Gasteiger partial charge in [-0.25, -0.2) is 0 Å². The number of fused-ring (bicyclic) bond motifs is 3. The molecule has 1 aliphatic heterocycles. The fraction of sp³-hybridized carbons (Fsp3) is 0.208. The van der Waals surface area contributed by atoms with Crippen LogP contribution in [0.1, 0.15) is 22.7 Å². The Morgan fingerprint density at radius 2 is 1.38 bits per heavy atom. The Hall–Kier alpha value is -3.31. The third-order valence-corrected chi connectivity index (χ3v) is 5.83. The van der Waals surface area contributed by atoms with Crippen molar-refractivity contribution in [2.45, 2.75) is 6.04 Å². The molecule has 5 rings (SSSR count). The maximum absolute atomic E-state index is 9.62. The summed E-state index contributed by atoms with van der Waals surface area (Å²) in [5, 5.41) is 25.7. The van der Waals surface area contributed by atoms with Gasteiger partial charge >= 0.3 is 0 Å². The van der Waals surface area contributed by atoms with Gasteiger partial charge in [-0.2, -0.15) is 5.10 Å². The van der Waals surface area contributed by atoms with Gasteiger partial charge in [0, 0.05) is 26.2 Å². The molecule has 0 spiro atoms. The number of phenols is 2. The van der Waals surface area contributed by atoms with E-state index in [0.29, 0.717) is 6.04 Å². The summed E-state index contributed by atoms with van der Waals surface area (Å²) in [6.07, 6.45) is 1.73. The number of benzene rings is 3. The number of hydrazone groups is 1. The van der Waals surface area contributed by atoms with Crippen LogP contribution in [0.3, 0.4) is 0 Å². The van der Waals surface area contributed by atoms with Crippen LogP contribution in [0.4, 0.5) is 0 Å². The van der Waals surface area contributed by atoms with Crippen LogP contribution in [0.25, 0.3) is 11.1 Å². The first kappa shape index (κ1) is 17.8. The third kappa shape index (κ3) is 3.23. The first-order valence-electron chi connectivity index (χ1n) is 9.94. The molecule has 146 valence electrons. The monoisotopic (exact) mass is 385 g/mol. The van der Waals surface area contributed by atoms with E-state index >= 15 is 0 Å². The van der Waals surface area contributed by atoms with Crippen molar-refractivity contribution < 1.29 is 10.2 Å². The molecule has 1 heterocycles. The van der Waals surface area contributed by atoms with Crippen molar-refractivity contribution >= 4 is 6.21 Å². The van der Waals surface area contributed by atoms with E-state index in [-0.39, 0.29) is 11.5 Å². The molecule has 0 radical (unpaired) electrons. The predicted octanol–water partition coefficient (Wildman–Crippen LogP) is 3.82. The SMILES string of the molecule is Oc1ccc(/C=N\N2CCN(C3c4ccccc4-c4ccccc43)CC2)cc1O. The van der Waals surface area contributed by atoms with Crippen molar-refractivity contribution in [2.75, 3.05) is 26.2 Å². The molecule has 29 heavy (non-hydrogen) atoms. The molecule has 1 saturated heterocycles. The summed E-state index contributed by atoms with van der Waals surface area (Å²) in [6.45, 7) is 3.57. The van der Waals surface area contributed by atoms with E-state index in [4.69, 9.17) is 0 Å². The highest BCUT2D eigenvalue weighted by molar-refractivity contribution is 5.80. The van der Waals surface area contributed by atoms with E-state index in [2.05, 4.69) is 63.5 Å². The first-order valence-corrected chi connectivity index (χ1v) is 9.94. The minimum Gasteiger partial charge on any atom is -0.504 e. The largest absolute Gasteiger partial charge is 0.504 e. The molecule has 0 atom stereocenters. The maximum atomic E-state index is 9.62. The minimum atomic E-state index is -0.127. The number of hydrogen-bond donors (Lipinski definition) is 2. The van der Waals surface area contributed by atoms with Crippen LogP contribution in [0, 0.1) is 0 Å². The van der Waals surface area contributed by atoms with E-state index in [1.54, 1.807) is 12.3 Å². The van der Waals surface area contributed by atoms with Crippen LogP contribution in [0.15, 0.2) is 71.8 Å². The molecule has 1 aliphatic carbocycles. The highest BCUT2D eigenvalue weighted by atomic mass is 16.3. The summed E-state index contributed by atoms with van der Waals surface area (Å²) in [5.41, 5.74) is 6.25. The average molecular weight is 385 g/mol.